The summed E-state index contributed by atoms with van der Waals surface area (Å²) in [5.74, 6) is 0.779. The molecule has 0 fully saturated rings. The van der Waals surface area contributed by atoms with Crippen LogP contribution in [0.25, 0.3) is 22.2 Å². The fourth-order valence-corrected chi connectivity index (χ4v) is 4.93. The van der Waals surface area contributed by atoms with Gasteiger partial charge in [-0.25, -0.2) is 0 Å². The van der Waals surface area contributed by atoms with Gasteiger partial charge in [-0.2, -0.15) is 5.10 Å². The van der Waals surface area contributed by atoms with Crippen LogP contribution in [0.3, 0.4) is 0 Å². The molecule has 4 aromatic rings. The zero-order valence-electron chi connectivity index (χ0n) is 18.9. The molecule has 0 saturated heterocycles. The first-order valence-corrected chi connectivity index (χ1v) is 10.8. The van der Waals surface area contributed by atoms with E-state index in [0.29, 0.717) is 6.54 Å². The van der Waals surface area contributed by atoms with Crippen LogP contribution in [0.15, 0.2) is 42.6 Å². The molecule has 3 heterocycles. The Labute approximate surface area is 191 Å². The molecule has 0 amide bonds. The molecule has 4 radical (unpaired) electrons. The van der Waals surface area contributed by atoms with Crippen LogP contribution in [0, 0.1) is 20.8 Å². The normalized spacial score (nSPS) is 15.1. The summed E-state index contributed by atoms with van der Waals surface area (Å²) in [6, 6.07) is 12.2. The summed E-state index contributed by atoms with van der Waals surface area (Å²) in [6.07, 6.45) is 2.61. The van der Waals surface area contributed by atoms with Gasteiger partial charge in [0.25, 0.3) is 0 Å². The highest BCUT2D eigenvalue weighted by atomic mass is 16.5. The number of aromatic nitrogens is 3. The molecule has 0 unspecified atom stereocenters. The van der Waals surface area contributed by atoms with Gasteiger partial charge in [0, 0.05) is 41.4 Å². The molecule has 5 nitrogen and oxygen atoms in total. The first-order valence-electron chi connectivity index (χ1n) is 10.8. The van der Waals surface area contributed by atoms with Crippen molar-refractivity contribution in [1.29, 1.82) is 0 Å². The van der Waals surface area contributed by atoms with Crippen molar-refractivity contribution in [3.63, 3.8) is 0 Å². The number of aryl methyl sites for hydroxylation is 3. The number of rotatable bonds is 3. The summed E-state index contributed by atoms with van der Waals surface area (Å²) in [5, 5.41) is 7.15. The monoisotopic (exact) mass is 418 g/mol. The van der Waals surface area contributed by atoms with Crippen LogP contribution in [0.4, 0.5) is 5.69 Å². The second-order valence-corrected chi connectivity index (χ2v) is 8.61. The third-order valence-electron chi connectivity index (χ3n) is 6.51. The number of hydrogen-bond acceptors (Lipinski definition) is 4. The lowest BCUT2D eigenvalue weighted by molar-refractivity contribution is 0.414. The quantitative estimate of drug-likeness (QED) is 0.510. The summed E-state index contributed by atoms with van der Waals surface area (Å²) < 4.78 is 5.44. The summed E-state index contributed by atoms with van der Waals surface area (Å²) >= 11 is 0. The van der Waals surface area contributed by atoms with Crippen LogP contribution in [0.2, 0.25) is 0 Å². The fourth-order valence-electron chi connectivity index (χ4n) is 4.93. The minimum atomic E-state index is -1.18. The zero-order chi connectivity index (χ0) is 22.6. The Morgan fingerprint density at radius 1 is 1.03 bits per heavy atom. The largest absolute Gasteiger partial charge is 0.497 e. The van der Waals surface area contributed by atoms with Crippen molar-refractivity contribution < 1.29 is 4.74 Å². The Kier molecular flexibility index (Phi) is 4.81. The van der Waals surface area contributed by atoms with Gasteiger partial charge >= 0.3 is 0 Å². The van der Waals surface area contributed by atoms with Crippen LogP contribution in [0.5, 0.6) is 5.75 Å². The lowest BCUT2D eigenvalue weighted by atomic mass is 9.54. The molecule has 2 aromatic heterocycles. The highest BCUT2D eigenvalue weighted by Gasteiger charge is 2.36. The van der Waals surface area contributed by atoms with Crippen LogP contribution in [-0.4, -0.2) is 44.5 Å². The van der Waals surface area contributed by atoms with Gasteiger partial charge in [0.15, 0.2) is 0 Å². The Balaban J connectivity index is 1.64. The van der Waals surface area contributed by atoms with Gasteiger partial charge in [-0.3, -0.25) is 10.1 Å². The van der Waals surface area contributed by atoms with Crippen molar-refractivity contribution in [2.24, 2.45) is 0 Å². The molecule has 1 aliphatic heterocycles. The molecule has 1 aliphatic rings. The second kappa shape index (κ2) is 7.44. The van der Waals surface area contributed by atoms with Crippen LogP contribution in [0.1, 0.15) is 27.9 Å². The van der Waals surface area contributed by atoms with Gasteiger partial charge in [-0.1, -0.05) is 12.1 Å². The Hall–Kier alpha value is -3.21. The highest BCUT2D eigenvalue weighted by Crippen LogP contribution is 2.40. The Bertz CT molecular complexity index is 1350. The van der Waals surface area contributed by atoms with Crippen molar-refractivity contribution in [1.82, 2.24) is 15.2 Å². The van der Waals surface area contributed by atoms with E-state index < -0.39 is 5.34 Å². The molecule has 0 aliphatic carbocycles. The van der Waals surface area contributed by atoms with E-state index in [1.54, 1.807) is 7.11 Å². The molecule has 2 aromatic carbocycles. The molecule has 0 bridgehead atoms. The molecule has 1 N–H and O–H groups in total. The van der Waals surface area contributed by atoms with Crippen LogP contribution < -0.4 is 9.64 Å². The molecule has 5 rings (SSSR count). The minimum absolute atomic E-state index is 0.665. The van der Waals surface area contributed by atoms with Crippen molar-refractivity contribution in [2.75, 3.05) is 18.6 Å². The zero-order valence-corrected chi connectivity index (χ0v) is 18.9. The first-order chi connectivity index (χ1) is 15.3. The van der Waals surface area contributed by atoms with Gasteiger partial charge in [0.2, 0.25) is 0 Å². The second-order valence-electron chi connectivity index (χ2n) is 8.61. The predicted molar refractivity (Wildman–Crippen MR) is 131 cm³/mol. The van der Waals surface area contributed by atoms with Crippen LogP contribution in [-0.2, 0) is 11.8 Å². The summed E-state index contributed by atoms with van der Waals surface area (Å²) in [7, 11) is 15.3. The van der Waals surface area contributed by atoms with Crippen molar-refractivity contribution in [3.8, 4) is 17.0 Å². The molecular weight excluding hydrogens is 394 g/mol. The number of ether oxygens (including phenoxy) is 1. The number of methoxy groups -OCH3 is 1. The maximum atomic E-state index is 6.83. The number of fused-ring (bicyclic) bond motifs is 2. The van der Waals surface area contributed by atoms with Gasteiger partial charge in [0.1, 0.15) is 5.75 Å². The highest BCUT2D eigenvalue weighted by molar-refractivity contribution is 6.42. The summed E-state index contributed by atoms with van der Waals surface area (Å²) in [6.45, 7) is 6.88. The standard InChI is InChI=1S/C25H24B2N4O/c1-14-5-7-17(32-4)12-22(14)31-10-9-20-24(25(31,26)27)16(3)11-21(29-20)23-15(2)6-8-19-18(23)13-28-30-19/h5-8,11-13H,9-10H2,1-4H3,(H,28,30). The van der Waals surface area contributed by atoms with Gasteiger partial charge < -0.3 is 9.64 Å². The molecule has 0 spiro atoms. The van der Waals surface area contributed by atoms with Crippen molar-refractivity contribution >= 4 is 32.3 Å². The van der Waals surface area contributed by atoms with E-state index in [9.17, 15) is 0 Å². The third-order valence-corrected chi connectivity index (χ3v) is 6.51. The van der Waals surface area contributed by atoms with E-state index >= 15 is 0 Å². The number of pyridine rings is 1. The minimum Gasteiger partial charge on any atom is -0.497 e. The van der Waals surface area contributed by atoms with Crippen LogP contribution >= 0.6 is 0 Å². The topological polar surface area (TPSA) is 54.0 Å². The summed E-state index contributed by atoms with van der Waals surface area (Å²) in [4.78, 5) is 7.12. The Morgan fingerprint density at radius 2 is 1.81 bits per heavy atom. The average Bonchev–Trinajstić information content (AvgIpc) is 3.22. The summed E-state index contributed by atoms with van der Waals surface area (Å²) in [5.41, 5.74) is 9.09. The van der Waals surface area contributed by atoms with E-state index in [2.05, 4.69) is 48.0 Å². The lowest BCUT2D eigenvalue weighted by Crippen LogP contribution is -2.53. The van der Waals surface area contributed by atoms with Gasteiger partial charge in [-0.05, 0) is 66.6 Å². The SMILES string of the molecule is [B]C1([B])c2c(C)cc(-c3c(C)ccc4[nH]ncc34)nc2CCN1c1cc(OC)ccc1C. The molecule has 0 saturated carbocycles. The predicted octanol–water partition coefficient (Wildman–Crippen LogP) is 4.07. The van der Waals surface area contributed by atoms with Crippen molar-refractivity contribution in [3.05, 3.63) is 70.5 Å². The number of benzene rings is 2. The first kappa shape index (κ1) is 20.7. The number of hydrogen-bond donors (Lipinski definition) is 1. The van der Waals surface area contributed by atoms with E-state index in [4.69, 9.17) is 25.4 Å². The molecule has 156 valence electrons. The van der Waals surface area contributed by atoms with E-state index in [-0.39, 0.29) is 0 Å². The lowest BCUT2D eigenvalue weighted by Gasteiger charge is -2.48. The molecule has 32 heavy (non-hydrogen) atoms. The number of anilines is 1. The smallest absolute Gasteiger partial charge is 0.120 e. The number of nitrogens with one attached hydrogen (secondary N) is 1. The van der Waals surface area contributed by atoms with Gasteiger partial charge in [0.05, 0.1) is 40.2 Å². The molecular formula is C25H24B2N4O. The molecule has 0 atom stereocenters. The maximum Gasteiger partial charge on any atom is 0.120 e. The number of H-pyrrole nitrogens is 1. The average molecular weight is 418 g/mol. The van der Waals surface area contributed by atoms with E-state index in [0.717, 1.165) is 68.0 Å². The van der Waals surface area contributed by atoms with E-state index in [1.165, 1.54) is 0 Å². The Morgan fingerprint density at radius 3 is 2.59 bits per heavy atom. The van der Waals surface area contributed by atoms with E-state index in [1.807, 2.05) is 30.5 Å². The maximum absolute atomic E-state index is 6.83. The van der Waals surface area contributed by atoms with Crippen molar-refractivity contribution in [2.45, 2.75) is 32.5 Å². The van der Waals surface area contributed by atoms with Gasteiger partial charge in [-0.15, -0.1) is 0 Å². The number of aromatic amines is 1. The third kappa shape index (κ3) is 3.10. The molecule has 7 heteroatoms. The fraction of sp³-hybridized carbons (Fsp3) is 0.280. The number of nitrogens with zero attached hydrogens (tertiary/aromatic N) is 3.